The van der Waals surface area contributed by atoms with Crippen LogP contribution in [0, 0.1) is 11.8 Å². The summed E-state index contributed by atoms with van der Waals surface area (Å²) >= 11 is 2.98. The number of hydrogen-bond acceptors (Lipinski definition) is 2. The van der Waals surface area contributed by atoms with Crippen LogP contribution in [0.2, 0.25) is 0 Å². The minimum atomic E-state index is -3.06. The number of alkyl halides is 1. The molecule has 1 N–H and O–H groups in total. The van der Waals surface area contributed by atoms with E-state index in [0.29, 0.717) is 5.92 Å². The second-order valence-corrected chi connectivity index (χ2v) is 7.18. The summed E-state index contributed by atoms with van der Waals surface area (Å²) in [7, 11) is -3.06. The van der Waals surface area contributed by atoms with E-state index < -0.39 is 10.0 Å². The molecule has 0 aromatic rings. The van der Waals surface area contributed by atoms with E-state index in [4.69, 9.17) is 0 Å². The molecule has 0 heterocycles. The van der Waals surface area contributed by atoms with Crippen LogP contribution >= 0.6 is 15.9 Å². The summed E-state index contributed by atoms with van der Waals surface area (Å²) in [5.41, 5.74) is 0. The molecule has 0 spiro atoms. The topological polar surface area (TPSA) is 46.2 Å². The van der Waals surface area contributed by atoms with Crippen LogP contribution in [0.3, 0.4) is 0 Å². The maximum atomic E-state index is 11.3. The first-order valence-corrected chi connectivity index (χ1v) is 7.44. The fourth-order valence-electron chi connectivity index (χ4n) is 2.65. The van der Waals surface area contributed by atoms with Crippen molar-refractivity contribution in [3.05, 3.63) is 0 Å². The molecule has 0 aromatic heterocycles. The zero-order valence-corrected chi connectivity index (χ0v) is 9.77. The summed E-state index contributed by atoms with van der Waals surface area (Å²) in [6.07, 6.45) is 4.80. The van der Waals surface area contributed by atoms with Gasteiger partial charge < -0.3 is 0 Å². The number of sulfonamides is 1. The largest absolute Gasteiger partial charge is 0.221 e. The van der Waals surface area contributed by atoms with Gasteiger partial charge in [-0.1, -0.05) is 22.4 Å². The number of fused-ring (bicyclic) bond motifs is 2. The lowest BCUT2D eigenvalue weighted by Gasteiger charge is -2.21. The van der Waals surface area contributed by atoms with Crippen LogP contribution in [0.1, 0.15) is 25.7 Å². The molecule has 0 amide bonds. The summed E-state index contributed by atoms with van der Waals surface area (Å²) in [6.45, 7) is 0. The Morgan fingerprint density at radius 2 is 2.08 bits per heavy atom. The Bertz CT molecular complexity index is 291. The van der Waals surface area contributed by atoms with E-state index in [1.807, 2.05) is 0 Å². The highest BCUT2D eigenvalue weighted by Crippen LogP contribution is 2.44. The predicted molar refractivity (Wildman–Crippen MR) is 55.1 cm³/mol. The van der Waals surface area contributed by atoms with E-state index in [1.165, 1.54) is 19.3 Å². The lowest BCUT2D eigenvalue weighted by Crippen LogP contribution is -2.38. The lowest BCUT2D eigenvalue weighted by molar-refractivity contribution is 0.391. The van der Waals surface area contributed by atoms with Gasteiger partial charge in [0.15, 0.2) is 0 Å². The quantitative estimate of drug-likeness (QED) is 0.787. The van der Waals surface area contributed by atoms with Crippen LogP contribution in [-0.2, 0) is 10.0 Å². The van der Waals surface area contributed by atoms with E-state index in [9.17, 15) is 8.42 Å². The minimum Gasteiger partial charge on any atom is -0.212 e. The third-order valence-corrected chi connectivity index (χ3v) is 5.97. The SMILES string of the molecule is O=S(=O)(CBr)NC1CC2CCC1C2. The Morgan fingerprint density at radius 3 is 2.54 bits per heavy atom. The summed E-state index contributed by atoms with van der Waals surface area (Å²) < 4.78 is 25.3. The van der Waals surface area contributed by atoms with Crippen LogP contribution in [0.4, 0.5) is 0 Å². The Balaban J connectivity index is 1.97. The van der Waals surface area contributed by atoms with Crippen LogP contribution in [0.5, 0.6) is 0 Å². The van der Waals surface area contributed by atoms with E-state index >= 15 is 0 Å². The summed E-state index contributed by atoms with van der Waals surface area (Å²) in [5, 5.41) is 0. The molecule has 2 bridgehead atoms. The van der Waals surface area contributed by atoms with Gasteiger partial charge >= 0.3 is 0 Å². The van der Waals surface area contributed by atoms with Gasteiger partial charge in [0, 0.05) is 6.04 Å². The first kappa shape index (κ1) is 9.93. The van der Waals surface area contributed by atoms with Gasteiger partial charge in [-0.05, 0) is 31.1 Å². The van der Waals surface area contributed by atoms with Gasteiger partial charge in [-0.2, -0.15) is 0 Å². The molecule has 3 nitrogen and oxygen atoms in total. The van der Waals surface area contributed by atoms with Crippen molar-refractivity contribution in [3.8, 4) is 0 Å². The average molecular weight is 268 g/mol. The molecule has 13 heavy (non-hydrogen) atoms. The molecule has 3 atom stereocenters. The van der Waals surface area contributed by atoms with E-state index in [-0.39, 0.29) is 10.7 Å². The Morgan fingerprint density at radius 1 is 1.31 bits per heavy atom. The lowest BCUT2D eigenvalue weighted by atomic mass is 9.96. The zero-order valence-electron chi connectivity index (χ0n) is 7.37. The average Bonchev–Trinajstić information content (AvgIpc) is 2.64. The third-order valence-electron chi connectivity index (χ3n) is 3.21. The van der Waals surface area contributed by atoms with Crippen LogP contribution in [0.15, 0.2) is 0 Å². The summed E-state index contributed by atoms with van der Waals surface area (Å²) in [6, 6.07) is 0.223. The number of nitrogens with one attached hydrogen (secondary N) is 1. The second-order valence-electron chi connectivity index (χ2n) is 4.12. The van der Waals surface area contributed by atoms with Gasteiger partial charge in [-0.15, -0.1) is 0 Å². The van der Waals surface area contributed by atoms with Crippen LogP contribution in [-0.4, -0.2) is 19.1 Å². The predicted octanol–water partition coefficient (Wildman–Crippen LogP) is 1.45. The Hall–Kier alpha value is 0.390. The molecular weight excluding hydrogens is 254 g/mol. The van der Waals surface area contributed by atoms with Crippen LogP contribution < -0.4 is 4.72 Å². The van der Waals surface area contributed by atoms with Crippen molar-refractivity contribution in [2.45, 2.75) is 31.7 Å². The van der Waals surface area contributed by atoms with Crippen molar-refractivity contribution in [2.24, 2.45) is 11.8 Å². The van der Waals surface area contributed by atoms with Crippen molar-refractivity contribution in [3.63, 3.8) is 0 Å². The minimum absolute atomic E-state index is 0.0217. The van der Waals surface area contributed by atoms with Gasteiger partial charge in [0.1, 0.15) is 4.66 Å². The van der Waals surface area contributed by atoms with E-state index in [1.54, 1.807) is 0 Å². The molecule has 2 fully saturated rings. The van der Waals surface area contributed by atoms with Crippen molar-refractivity contribution >= 4 is 26.0 Å². The first-order valence-electron chi connectivity index (χ1n) is 4.66. The molecule has 2 aliphatic carbocycles. The molecule has 2 rings (SSSR count). The van der Waals surface area contributed by atoms with Crippen molar-refractivity contribution in [1.82, 2.24) is 4.72 Å². The number of hydrogen-bond donors (Lipinski definition) is 1. The van der Waals surface area contributed by atoms with Crippen molar-refractivity contribution in [2.75, 3.05) is 4.66 Å². The van der Waals surface area contributed by atoms with Gasteiger partial charge in [-0.25, -0.2) is 13.1 Å². The summed E-state index contributed by atoms with van der Waals surface area (Å²) in [5.74, 6) is 1.40. The molecule has 76 valence electrons. The van der Waals surface area contributed by atoms with Gasteiger partial charge in [0.2, 0.25) is 10.0 Å². The standard InChI is InChI=1S/C8H14BrNO2S/c9-5-13(11,12)10-8-4-6-1-2-7(8)3-6/h6-8,10H,1-5H2. The van der Waals surface area contributed by atoms with Crippen LogP contribution in [0.25, 0.3) is 0 Å². The fourth-order valence-corrected chi connectivity index (χ4v) is 3.86. The maximum absolute atomic E-state index is 11.3. The molecule has 0 aromatic carbocycles. The first-order chi connectivity index (χ1) is 6.11. The van der Waals surface area contributed by atoms with E-state index in [2.05, 4.69) is 20.7 Å². The van der Waals surface area contributed by atoms with Crippen molar-refractivity contribution < 1.29 is 8.42 Å². The molecule has 0 saturated heterocycles. The number of rotatable bonds is 3. The van der Waals surface area contributed by atoms with E-state index in [0.717, 1.165) is 12.3 Å². The summed E-state index contributed by atoms with van der Waals surface area (Å²) in [4.78, 5) is 0. The highest BCUT2D eigenvalue weighted by molar-refractivity contribution is 9.10. The van der Waals surface area contributed by atoms with Gasteiger partial charge in [-0.3, -0.25) is 0 Å². The maximum Gasteiger partial charge on any atom is 0.221 e. The molecule has 2 saturated carbocycles. The third kappa shape index (κ3) is 2.07. The highest BCUT2D eigenvalue weighted by Gasteiger charge is 2.40. The highest BCUT2D eigenvalue weighted by atomic mass is 79.9. The zero-order chi connectivity index (χ0) is 9.47. The monoisotopic (exact) mass is 267 g/mol. The fraction of sp³-hybridized carbons (Fsp3) is 1.00. The second kappa shape index (κ2) is 3.51. The molecule has 0 aliphatic heterocycles. The molecular formula is C8H14BrNO2S. The van der Waals surface area contributed by atoms with Gasteiger partial charge in [0.25, 0.3) is 0 Å². The Labute approximate surface area is 87.5 Å². The van der Waals surface area contributed by atoms with Gasteiger partial charge in [0.05, 0.1) is 0 Å². The molecule has 3 unspecified atom stereocenters. The molecule has 2 aliphatic rings. The number of halogens is 1. The van der Waals surface area contributed by atoms with Crippen molar-refractivity contribution in [1.29, 1.82) is 0 Å². The smallest absolute Gasteiger partial charge is 0.212 e. The molecule has 5 heteroatoms. The normalized spacial score (nSPS) is 38.4. The Kier molecular flexibility index (Phi) is 2.68. The molecule has 0 radical (unpaired) electrons.